The van der Waals surface area contributed by atoms with E-state index < -0.39 is 0 Å². The van der Waals surface area contributed by atoms with Gasteiger partial charge in [0.05, 0.1) is 10.7 Å². The zero-order chi connectivity index (χ0) is 16.9. The molecule has 24 heavy (non-hydrogen) atoms. The van der Waals surface area contributed by atoms with Gasteiger partial charge in [-0.05, 0) is 36.6 Å². The highest BCUT2D eigenvalue weighted by Gasteiger charge is 2.16. The molecular weight excluding hydrogens is 318 g/mol. The number of nitrogens with one attached hydrogen (secondary N) is 2. The number of nitrogens with zero attached hydrogens (tertiary/aromatic N) is 1. The summed E-state index contributed by atoms with van der Waals surface area (Å²) in [5.74, 6) is 1.04. The van der Waals surface area contributed by atoms with E-state index in [1.807, 2.05) is 12.1 Å². The van der Waals surface area contributed by atoms with Crippen LogP contribution in [0.1, 0.15) is 58.7 Å². The molecule has 1 aromatic carbocycles. The van der Waals surface area contributed by atoms with Crippen LogP contribution in [0, 0.1) is 0 Å². The van der Waals surface area contributed by atoms with Crippen LogP contribution in [0.4, 0.5) is 0 Å². The minimum Gasteiger partial charge on any atom is -0.352 e. The summed E-state index contributed by atoms with van der Waals surface area (Å²) in [6.07, 6.45) is 1.96. The maximum absolute atomic E-state index is 12.2. The lowest BCUT2D eigenvalue weighted by molar-refractivity contribution is 0.0954. The van der Waals surface area contributed by atoms with Gasteiger partial charge in [-0.1, -0.05) is 26.0 Å². The molecule has 0 spiro atoms. The molecule has 0 unspecified atom stereocenters. The number of rotatable bonds is 6. The van der Waals surface area contributed by atoms with Crippen molar-refractivity contribution >= 4 is 17.2 Å². The van der Waals surface area contributed by atoms with Crippen molar-refractivity contribution in [2.45, 2.75) is 38.5 Å². The topological polar surface area (TPSA) is 54.0 Å². The Morgan fingerprint density at radius 3 is 2.79 bits per heavy atom. The largest absolute Gasteiger partial charge is 0.352 e. The van der Waals surface area contributed by atoms with Crippen molar-refractivity contribution < 1.29 is 4.79 Å². The molecule has 5 heteroatoms. The molecular formula is C19H25N3OS. The summed E-state index contributed by atoms with van der Waals surface area (Å²) < 4.78 is 0. The van der Waals surface area contributed by atoms with Gasteiger partial charge < -0.3 is 10.6 Å². The Labute approximate surface area is 147 Å². The van der Waals surface area contributed by atoms with Crippen LogP contribution >= 0.6 is 11.3 Å². The van der Waals surface area contributed by atoms with Gasteiger partial charge in [-0.25, -0.2) is 4.98 Å². The molecule has 3 rings (SSSR count). The summed E-state index contributed by atoms with van der Waals surface area (Å²) in [7, 11) is 0. The first-order chi connectivity index (χ1) is 11.6. The number of hydrogen-bond donors (Lipinski definition) is 2. The van der Waals surface area contributed by atoms with E-state index >= 15 is 0 Å². The summed E-state index contributed by atoms with van der Waals surface area (Å²) in [5.41, 5.74) is 3.11. The smallest absolute Gasteiger partial charge is 0.251 e. The fourth-order valence-electron chi connectivity index (χ4n) is 2.95. The maximum Gasteiger partial charge on any atom is 0.251 e. The summed E-state index contributed by atoms with van der Waals surface area (Å²) in [4.78, 5) is 16.8. The molecule has 1 amide bonds. The van der Waals surface area contributed by atoms with Gasteiger partial charge in [-0.2, -0.15) is 0 Å². The van der Waals surface area contributed by atoms with Gasteiger partial charge >= 0.3 is 0 Å². The van der Waals surface area contributed by atoms with Gasteiger partial charge in [0, 0.05) is 36.4 Å². The third kappa shape index (κ3) is 4.22. The van der Waals surface area contributed by atoms with E-state index in [0.717, 1.165) is 35.8 Å². The number of benzene rings is 1. The van der Waals surface area contributed by atoms with Gasteiger partial charge in [0.25, 0.3) is 5.91 Å². The summed E-state index contributed by atoms with van der Waals surface area (Å²) >= 11 is 1.70. The van der Waals surface area contributed by atoms with Crippen LogP contribution in [0.3, 0.4) is 0 Å². The Hall–Kier alpha value is -1.72. The average molecular weight is 343 g/mol. The summed E-state index contributed by atoms with van der Waals surface area (Å²) in [6, 6.07) is 8.04. The standard InChI is InChI=1S/C19H25N3OS/c1-13(2)19-22-17(12-24-19)8-10-21-18(23)15-5-3-14(4-6-15)16-7-9-20-11-16/h3-6,12-13,16,20H,7-11H2,1-2H3,(H,21,23)/t16-/m0/s1. The first-order valence-electron chi connectivity index (χ1n) is 8.66. The second-order valence-corrected chi connectivity index (χ2v) is 7.54. The lowest BCUT2D eigenvalue weighted by atomic mass is 9.97. The van der Waals surface area contributed by atoms with Gasteiger partial charge in [0.1, 0.15) is 0 Å². The van der Waals surface area contributed by atoms with E-state index in [1.54, 1.807) is 11.3 Å². The Morgan fingerprint density at radius 2 is 2.17 bits per heavy atom. The highest BCUT2D eigenvalue weighted by atomic mass is 32.1. The van der Waals surface area contributed by atoms with Gasteiger partial charge in [0.15, 0.2) is 0 Å². The van der Waals surface area contributed by atoms with Crippen molar-refractivity contribution in [3.63, 3.8) is 0 Å². The van der Waals surface area contributed by atoms with Crippen LogP contribution in [-0.2, 0) is 6.42 Å². The molecule has 2 aromatic rings. The quantitative estimate of drug-likeness (QED) is 0.846. The Balaban J connectivity index is 1.49. The van der Waals surface area contributed by atoms with Crippen LogP contribution in [0.2, 0.25) is 0 Å². The fraction of sp³-hybridized carbons (Fsp3) is 0.474. The van der Waals surface area contributed by atoms with Crippen molar-refractivity contribution in [3.8, 4) is 0 Å². The van der Waals surface area contributed by atoms with Crippen molar-refractivity contribution in [1.29, 1.82) is 0 Å². The first kappa shape index (κ1) is 17.1. The number of amides is 1. The normalized spacial score (nSPS) is 17.4. The first-order valence-corrected chi connectivity index (χ1v) is 9.54. The molecule has 1 aliphatic heterocycles. The van der Waals surface area contributed by atoms with Crippen LogP contribution in [0.15, 0.2) is 29.6 Å². The third-order valence-corrected chi connectivity index (χ3v) is 5.63. The molecule has 1 saturated heterocycles. The van der Waals surface area contributed by atoms with Crippen molar-refractivity contribution in [2.24, 2.45) is 0 Å². The highest BCUT2D eigenvalue weighted by molar-refractivity contribution is 7.09. The van der Waals surface area contributed by atoms with Crippen LogP contribution < -0.4 is 10.6 Å². The zero-order valence-corrected chi connectivity index (χ0v) is 15.2. The molecule has 0 aliphatic carbocycles. The molecule has 0 bridgehead atoms. The lowest BCUT2D eigenvalue weighted by Gasteiger charge is -2.10. The minimum absolute atomic E-state index is 0.00888. The molecule has 0 saturated carbocycles. The van der Waals surface area contributed by atoms with E-state index in [4.69, 9.17) is 0 Å². The number of aromatic nitrogens is 1. The fourth-order valence-corrected chi connectivity index (χ4v) is 3.82. The summed E-state index contributed by atoms with van der Waals surface area (Å²) in [5, 5.41) is 9.61. The molecule has 1 aliphatic rings. The Morgan fingerprint density at radius 1 is 1.38 bits per heavy atom. The van der Waals surface area contributed by atoms with Crippen LogP contribution in [-0.4, -0.2) is 30.5 Å². The molecule has 4 nitrogen and oxygen atoms in total. The molecule has 1 fully saturated rings. The van der Waals surface area contributed by atoms with Crippen molar-refractivity contribution in [3.05, 3.63) is 51.5 Å². The van der Waals surface area contributed by atoms with Gasteiger partial charge in [-0.3, -0.25) is 4.79 Å². The van der Waals surface area contributed by atoms with E-state index in [9.17, 15) is 4.79 Å². The lowest BCUT2D eigenvalue weighted by Crippen LogP contribution is -2.25. The van der Waals surface area contributed by atoms with E-state index in [1.165, 1.54) is 12.0 Å². The van der Waals surface area contributed by atoms with E-state index in [-0.39, 0.29) is 5.91 Å². The van der Waals surface area contributed by atoms with Crippen molar-refractivity contribution in [1.82, 2.24) is 15.6 Å². The van der Waals surface area contributed by atoms with E-state index in [0.29, 0.717) is 18.4 Å². The number of carbonyl (C=O) groups is 1. The van der Waals surface area contributed by atoms with Crippen molar-refractivity contribution in [2.75, 3.05) is 19.6 Å². The summed E-state index contributed by atoms with van der Waals surface area (Å²) in [6.45, 7) is 7.04. The Bertz CT molecular complexity index is 672. The van der Waals surface area contributed by atoms with Gasteiger partial charge in [0.2, 0.25) is 0 Å². The predicted molar refractivity (Wildman–Crippen MR) is 98.9 cm³/mol. The van der Waals surface area contributed by atoms with E-state index in [2.05, 4.69) is 47.0 Å². The maximum atomic E-state index is 12.2. The second kappa shape index (κ2) is 7.90. The monoisotopic (exact) mass is 343 g/mol. The van der Waals surface area contributed by atoms with Crippen LogP contribution in [0.25, 0.3) is 0 Å². The predicted octanol–water partition coefficient (Wildman–Crippen LogP) is 3.32. The number of carbonyl (C=O) groups excluding carboxylic acids is 1. The van der Waals surface area contributed by atoms with Crippen LogP contribution in [0.5, 0.6) is 0 Å². The molecule has 128 valence electrons. The Kier molecular flexibility index (Phi) is 5.63. The molecule has 2 heterocycles. The highest BCUT2D eigenvalue weighted by Crippen LogP contribution is 2.22. The van der Waals surface area contributed by atoms with Gasteiger partial charge in [-0.15, -0.1) is 11.3 Å². The molecule has 1 aromatic heterocycles. The molecule has 2 N–H and O–H groups in total. The molecule has 0 radical (unpaired) electrons. The average Bonchev–Trinajstić information content (AvgIpc) is 3.27. The number of hydrogen-bond acceptors (Lipinski definition) is 4. The molecule has 1 atom stereocenters. The third-order valence-electron chi connectivity index (χ3n) is 4.43. The second-order valence-electron chi connectivity index (χ2n) is 6.65. The minimum atomic E-state index is -0.00888. The zero-order valence-electron chi connectivity index (χ0n) is 14.3. The number of thiazole rings is 1. The SMILES string of the molecule is CC(C)c1nc(CCNC(=O)c2ccc([C@H]3CCNC3)cc2)cs1.